The smallest absolute Gasteiger partial charge is 0.236 e. The third kappa shape index (κ3) is 8.10. The second kappa shape index (κ2) is 7.39. The Hall–Kier alpha value is -0.915. The van der Waals surface area contributed by atoms with Crippen LogP contribution in [0.3, 0.4) is 0 Å². The van der Waals surface area contributed by atoms with Crippen molar-refractivity contribution in [2.45, 2.75) is 39.9 Å². The van der Waals surface area contributed by atoms with Gasteiger partial charge in [0.25, 0.3) is 0 Å². The molecular formula is C13H24BN. The fourth-order valence-corrected chi connectivity index (χ4v) is 1.15. The molecule has 0 amide bonds. The lowest BCUT2D eigenvalue weighted by atomic mass is 9.82. The average molecular weight is 205 g/mol. The SMILES string of the molecule is C=C(CCC(C)C)NBCC(=C)C(=C)C. The molecule has 0 spiro atoms. The predicted molar refractivity (Wildman–Crippen MR) is 72.3 cm³/mol. The first-order chi connectivity index (χ1) is 6.93. The zero-order valence-corrected chi connectivity index (χ0v) is 10.5. The van der Waals surface area contributed by atoms with Crippen LogP contribution < -0.4 is 5.23 Å². The summed E-state index contributed by atoms with van der Waals surface area (Å²) in [6.45, 7) is 18.3. The van der Waals surface area contributed by atoms with Crippen LogP contribution in [0.15, 0.2) is 36.6 Å². The normalized spacial score (nSPS) is 9.87. The van der Waals surface area contributed by atoms with Gasteiger partial charge in [-0.3, -0.25) is 0 Å². The Labute approximate surface area is 95.6 Å². The van der Waals surface area contributed by atoms with Crippen LogP contribution in [0.25, 0.3) is 0 Å². The highest BCUT2D eigenvalue weighted by Gasteiger charge is 2.00. The van der Waals surface area contributed by atoms with Gasteiger partial charge in [-0.05, 0) is 37.7 Å². The minimum absolute atomic E-state index is 0.744. The Morgan fingerprint density at radius 3 is 2.33 bits per heavy atom. The monoisotopic (exact) mass is 205 g/mol. The average Bonchev–Trinajstić information content (AvgIpc) is 2.14. The van der Waals surface area contributed by atoms with Crippen LogP contribution in [0, 0.1) is 5.92 Å². The molecular weight excluding hydrogens is 181 g/mol. The fourth-order valence-electron chi connectivity index (χ4n) is 1.15. The molecule has 15 heavy (non-hydrogen) atoms. The second-order valence-corrected chi connectivity index (χ2v) is 4.60. The van der Waals surface area contributed by atoms with Gasteiger partial charge in [0.15, 0.2) is 0 Å². The molecule has 0 radical (unpaired) electrons. The number of allylic oxidation sites excluding steroid dienone is 3. The van der Waals surface area contributed by atoms with E-state index in [4.69, 9.17) is 0 Å². The van der Waals surface area contributed by atoms with E-state index < -0.39 is 0 Å². The summed E-state index contributed by atoms with van der Waals surface area (Å²) >= 11 is 0. The molecule has 0 saturated heterocycles. The first-order valence-corrected chi connectivity index (χ1v) is 5.68. The lowest BCUT2D eigenvalue weighted by Crippen LogP contribution is -2.18. The summed E-state index contributed by atoms with van der Waals surface area (Å²) < 4.78 is 0. The third-order valence-electron chi connectivity index (χ3n) is 2.43. The van der Waals surface area contributed by atoms with Gasteiger partial charge in [-0.1, -0.05) is 44.7 Å². The molecule has 0 rings (SSSR count). The molecule has 0 aliphatic heterocycles. The van der Waals surface area contributed by atoms with E-state index >= 15 is 0 Å². The first-order valence-electron chi connectivity index (χ1n) is 5.68. The van der Waals surface area contributed by atoms with E-state index in [2.05, 4.69) is 38.8 Å². The molecule has 0 aromatic carbocycles. The van der Waals surface area contributed by atoms with Gasteiger partial charge >= 0.3 is 0 Å². The Morgan fingerprint density at radius 1 is 1.27 bits per heavy atom. The molecule has 0 heterocycles. The van der Waals surface area contributed by atoms with Gasteiger partial charge in [0, 0.05) is 0 Å². The molecule has 0 unspecified atom stereocenters. The van der Waals surface area contributed by atoms with Gasteiger partial charge in [-0.15, -0.1) is 0 Å². The van der Waals surface area contributed by atoms with Crippen molar-refractivity contribution in [1.29, 1.82) is 0 Å². The van der Waals surface area contributed by atoms with E-state index in [9.17, 15) is 0 Å². The molecule has 0 saturated carbocycles. The minimum Gasteiger partial charge on any atom is -0.434 e. The Balaban J connectivity index is 3.55. The van der Waals surface area contributed by atoms with Crippen molar-refractivity contribution in [3.05, 3.63) is 36.6 Å². The van der Waals surface area contributed by atoms with Crippen molar-refractivity contribution in [2.24, 2.45) is 5.92 Å². The molecule has 84 valence electrons. The van der Waals surface area contributed by atoms with Gasteiger partial charge in [0.1, 0.15) is 0 Å². The van der Waals surface area contributed by atoms with Crippen molar-refractivity contribution < 1.29 is 0 Å². The van der Waals surface area contributed by atoms with Crippen LogP contribution >= 0.6 is 0 Å². The summed E-state index contributed by atoms with van der Waals surface area (Å²) in [5.74, 6) is 0.744. The van der Waals surface area contributed by atoms with Crippen LogP contribution in [-0.2, 0) is 0 Å². The topological polar surface area (TPSA) is 12.0 Å². The van der Waals surface area contributed by atoms with E-state index in [1.807, 2.05) is 6.92 Å². The second-order valence-electron chi connectivity index (χ2n) is 4.60. The van der Waals surface area contributed by atoms with E-state index in [1.54, 1.807) is 0 Å². The molecule has 0 aromatic rings. The zero-order chi connectivity index (χ0) is 11.8. The van der Waals surface area contributed by atoms with E-state index in [0.717, 1.165) is 42.9 Å². The largest absolute Gasteiger partial charge is 0.434 e. The van der Waals surface area contributed by atoms with Gasteiger partial charge in [-0.2, -0.15) is 0 Å². The van der Waals surface area contributed by atoms with Crippen LogP contribution in [0.5, 0.6) is 0 Å². The number of nitrogens with one attached hydrogen (secondary N) is 1. The summed E-state index contributed by atoms with van der Waals surface area (Å²) in [5, 5.41) is 3.33. The van der Waals surface area contributed by atoms with Crippen molar-refractivity contribution in [3.63, 3.8) is 0 Å². The highest BCUT2D eigenvalue weighted by Crippen LogP contribution is 2.10. The summed E-state index contributed by atoms with van der Waals surface area (Å²) in [7, 11) is 0.919. The fraction of sp³-hybridized carbons (Fsp3) is 0.538. The van der Waals surface area contributed by atoms with Gasteiger partial charge in [-0.25, -0.2) is 0 Å². The molecule has 0 fully saturated rings. The summed E-state index contributed by atoms with van der Waals surface area (Å²) in [4.78, 5) is 0. The summed E-state index contributed by atoms with van der Waals surface area (Å²) in [6.07, 6.45) is 3.22. The quantitative estimate of drug-likeness (QED) is 0.472. The highest BCUT2D eigenvalue weighted by molar-refractivity contribution is 6.34. The molecule has 0 atom stereocenters. The summed E-state index contributed by atoms with van der Waals surface area (Å²) in [5.41, 5.74) is 3.34. The standard InChI is InChI=1S/C13H24BN/c1-10(2)7-8-13(6)15-14-9-12(5)11(3)4/h10,14-15H,3,5-9H2,1-2,4H3. The number of hydrogen-bond donors (Lipinski definition) is 1. The van der Waals surface area contributed by atoms with Gasteiger partial charge < -0.3 is 5.23 Å². The molecule has 1 nitrogen and oxygen atoms in total. The van der Waals surface area contributed by atoms with E-state index in [1.165, 1.54) is 6.42 Å². The number of hydrogen-bond acceptors (Lipinski definition) is 1. The van der Waals surface area contributed by atoms with Crippen LogP contribution in [-0.4, -0.2) is 7.41 Å². The van der Waals surface area contributed by atoms with Gasteiger partial charge in [0.2, 0.25) is 7.41 Å². The van der Waals surface area contributed by atoms with Crippen LogP contribution in [0.4, 0.5) is 0 Å². The lowest BCUT2D eigenvalue weighted by Gasteiger charge is -2.10. The zero-order valence-electron chi connectivity index (χ0n) is 10.5. The lowest BCUT2D eigenvalue weighted by molar-refractivity contribution is 0.580. The molecule has 0 aliphatic rings. The number of rotatable bonds is 8. The Morgan fingerprint density at radius 2 is 1.87 bits per heavy atom. The van der Waals surface area contributed by atoms with Crippen LogP contribution in [0.1, 0.15) is 33.6 Å². The third-order valence-corrected chi connectivity index (χ3v) is 2.43. The Bertz CT molecular complexity index is 241. The maximum Gasteiger partial charge on any atom is 0.236 e. The molecule has 1 N–H and O–H groups in total. The maximum atomic E-state index is 4.01. The maximum absolute atomic E-state index is 4.01. The van der Waals surface area contributed by atoms with Crippen molar-refractivity contribution in [1.82, 2.24) is 5.23 Å². The first kappa shape index (κ1) is 14.1. The van der Waals surface area contributed by atoms with E-state index in [-0.39, 0.29) is 0 Å². The summed E-state index contributed by atoms with van der Waals surface area (Å²) in [6, 6.07) is 0. The van der Waals surface area contributed by atoms with Crippen molar-refractivity contribution >= 4 is 7.41 Å². The van der Waals surface area contributed by atoms with Gasteiger partial charge in [0.05, 0.1) is 0 Å². The predicted octanol–water partition coefficient (Wildman–Crippen LogP) is 3.43. The van der Waals surface area contributed by atoms with Crippen LogP contribution in [0.2, 0.25) is 6.32 Å². The minimum atomic E-state index is 0.744. The molecule has 0 aliphatic carbocycles. The Kier molecular flexibility index (Phi) is 6.94. The molecule has 0 bridgehead atoms. The molecule has 0 aromatic heterocycles. The highest BCUT2D eigenvalue weighted by atomic mass is 14.8. The molecule has 2 heteroatoms. The van der Waals surface area contributed by atoms with Crippen molar-refractivity contribution in [2.75, 3.05) is 0 Å². The van der Waals surface area contributed by atoms with E-state index in [0.29, 0.717) is 0 Å². The van der Waals surface area contributed by atoms with Crippen molar-refractivity contribution in [3.8, 4) is 0 Å².